The van der Waals surface area contributed by atoms with E-state index in [1.165, 1.54) is 0 Å². The molecular weight excluding hydrogens is 256 g/mol. The fourth-order valence-corrected chi connectivity index (χ4v) is 2.79. The molecule has 0 bridgehead atoms. The molecule has 0 amide bonds. The minimum absolute atomic E-state index is 0.0148. The average molecular weight is 278 g/mol. The van der Waals surface area contributed by atoms with Crippen molar-refractivity contribution in [1.29, 1.82) is 0 Å². The molecule has 2 heterocycles. The molecule has 0 aromatic carbocycles. The number of aromatic amines is 1. The van der Waals surface area contributed by atoms with Gasteiger partial charge < -0.3 is 20.4 Å². The van der Waals surface area contributed by atoms with Gasteiger partial charge in [0.2, 0.25) is 0 Å². The average Bonchev–Trinajstić information content (AvgIpc) is 2.89. The van der Waals surface area contributed by atoms with Crippen molar-refractivity contribution < 1.29 is 9.53 Å². The van der Waals surface area contributed by atoms with Crippen LogP contribution in [0.25, 0.3) is 0 Å². The van der Waals surface area contributed by atoms with Crippen LogP contribution in [0.2, 0.25) is 0 Å². The molecule has 6 nitrogen and oxygen atoms in total. The number of esters is 1. The van der Waals surface area contributed by atoms with Gasteiger partial charge in [-0.05, 0) is 39.2 Å². The second-order valence-corrected chi connectivity index (χ2v) is 6.06. The Hall–Kier alpha value is -1.40. The quantitative estimate of drug-likeness (QED) is 0.806. The van der Waals surface area contributed by atoms with E-state index in [0.717, 1.165) is 45.2 Å². The molecule has 20 heavy (non-hydrogen) atoms. The van der Waals surface area contributed by atoms with Crippen LogP contribution in [-0.4, -0.2) is 47.1 Å². The smallest absolute Gasteiger partial charge is 0.356 e. The van der Waals surface area contributed by atoms with Gasteiger partial charge in [-0.1, -0.05) is 0 Å². The number of imidazole rings is 1. The summed E-state index contributed by atoms with van der Waals surface area (Å²) in [6.45, 7) is 1.94. The summed E-state index contributed by atoms with van der Waals surface area (Å²) in [4.78, 5) is 21.6. The van der Waals surface area contributed by atoms with E-state index in [2.05, 4.69) is 21.9 Å². The summed E-state index contributed by atoms with van der Waals surface area (Å²) >= 11 is 0. The summed E-state index contributed by atoms with van der Waals surface area (Å²) in [6, 6.07) is 0. The van der Waals surface area contributed by atoms with E-state index in [0.29, 0.717) is 11.5 Å². The third kappa shape index (κ3) is 2.58. The lowest BCUT2D eigenvalue weighted by Crippen LogP contribution is -2.44. The zero-order valence-electron chi connectivity index (χ0n) is 11.9. The van der Waals surface area contributed by atoms with Gasteiger partial charge in [0.15, 0.2) is 0 Å². The number of aromatic nitrogens is 2. The van der Waals surface area contributed by atoms with Crippen molar-refractivity contribution in [3.05, 3.63) is 17.7 Å². The van der Waals surface area contributed by atoms with E-state index < -0.39 is 0 Å². The van der Waals surface area contributed by atoms with Crippen LogP contribution in [0.5, 0.6) is 0 Å². The van der Waals surface area contributed by atoms with Gasteiger partial charge in [0.25, 0.3) is 0 Å². The van der Waals surface area contributed by atoms with E-state index >= 15 is 0 Å². The highest BCUT2D eigenvalue weighted by molar-refractivity contribution is 5.87. The molecule has 0 unspecified atom stereocenters. The number of carbonyl (C=O) groups is 1. The van der Waals surface area contributed by atoms with E-state index in [1.54, 1.807) is 6.20 Å². The molecule has 1 aromatic heterocycles. The monoisotopic (exact) mass is 278 g/mol. The van der Waals surface area contributed by atoms with Gasteiger partial charge in [-0.2, -0.15) is 0 Å². The lowest BCUT2D eigenvalue weighted by atomic mass is 9.77. The Morgan fingerprint density at radius 3 is 2.80 bits per heavy atom. The molecule has 3 rings (SSSR count). The molecule has 0 atom stereocenters. The molecule has 1 aromatic rings. The van der Waals surface area contributed by atoms with Crippen molar-refractivity contribution in [2.75, 3.05) is 20.1 Å². The number of likely N-dealkylation sites (tertiary alicyclic amines) is 1. The third-order valence-electron chi connectivity index (χ3n) is 4.45. The Balaban J connectivity index is 1.60. The van der Waals surface area contributed by atoms with Crippen LogP contribution in [0.4, 0.5) is 0 Å². The minimum Gasteiger partial charge on any atom is -0.458 e. The molecule has 1 aliphatic carbocycles. The molecule has 2 fully saturated rings. The Bertz CT molecular complexity index is 487. The predicted octanol–water partition coefficient (Wildman–Crippen LogP) is 0.999. The summed E-state index contributed by atoms with van der Waals surface area (Å²) in [5, 5.41) is 0. The Morgan fingerprint density at radius 1 is 1.50 bits per heavy atom. The van der Waals surface area contributed by atoms with Gasteiger partial charge in [0.05, 0.1) is 11.7 Å². The van der Waals surface area contributed by atoms with Crippen LogP contribution in [-0.2, 0) is 10.3 Å². The molecule has 3 N–H and O–H groups in total. The maximum Gasteiger partial charge on any atom is 0.356 e. The highest BCUT2D eigenvalue weighted by atomic mass is 16.5. The lowest BCUT2D eigenvalue weighted by Gasteiger charge is -2.35. The second-order valence-electron chi connectivity index (χ2n) is 6.06. The minimum atomic E-state index is -0.369. The zero-order chi connectivity index (χ0) is 14.2. The normalized spacial score (nSPS) is 23.3. The number of nitrogens with zero attached hydrogens (tertiary/aromatic N) is 2. The molecule has 1 saturated heterocycles. The first-order chi connectivity index (χ1) is 9.57. The van der Waals surface area contributed by atoms with Gasteiger partial charge in [0.1, 0.15) is 17.6 Å². The van der Waals surface area contributed by atoms with Crippen molar-refractivity contribution in [2.45, 2.75) is 43.7 Å². The zero-order valence-corrected chi connectivity index (χ0v) is 11.9. The Labute approximate surface area is 118 Å². The number of piperidine rings is 1. The molecule has 6 heteroatoms. The number of nitrogens with two attached hydrogens (primary N) is 1. The maximum atomic E-state index is 12.1. The molecule has 0 spiro atoms. The van der Waals surface area contributed by atoms with Crippen LogP contribution in [0.1, 0.15) is 48.4 Å². The number of ether oxygens (including phenoxy) is 1. The van der Waals surface area contributed by atoms with Crippen LogP contribution in [0.15, 0.2) is 6.20 Å². The predicted molar refractivity (Wildman–Crippen MR) is 74.2 cm³/mol. The van der Waals surface area contributed by atoms with Gasteiger partial charge >= 0.3 is 5.97 Å². The van der Waals surface area contributed by atoms with Gasteiger partial charge in [-0.15, -0.1) is 0 Å². The highest BCUT2D eigenvalue weighted by Gasteiger charge is 2.37. The van der Waals surface area contributed by atoms with Crippen LogP contribution in [0, 0.1) is 0 Å². The van der Waals surface area contributed by atoms with Crippen molar-refractivity contribution in [3.63, 3.8) is 0 Å². The van der Waals surface area contributed by atoms with E-state index in [9.17, 15) is 4.79 Å². The Morgan fingerprint density at radius 2 is 2.20 bits per heavy atom. The lowest BCUT2D eigenvalue weighted by molar-refractivity contribution is 0.0133. The van der Waals surface area contributed by atoms with Gasteiger partial charge in [-0.3, -0.25) is 0 Å². The molecule has 1 saturated carbocycles. The number of hydrogen-bond acceptors (Lipinski definition) is 5. The Kier molecular flexibility index (Phi) is 3.52. The fourth-order valence-electron chi connectivity index (χ4n) is 2.79. The highest BCUT2D eigenvalue weighted by Crippen LogP contribution is 2.36. The summed E-state index contributed by atoms with van der Waals surface area (Å²) < 4.78 is 5.53. The maximum absolute atomic E-state index is 12.1. The summed E-state index contributed by atoms with van der Waals surface area (Å²) in [5.41, 5.74) is 6.23. The molecule has 0 radical (unpaired) electrons. The molecule has 2 aliphatic rings. The molecular formula is C14H22N4O2. The summed E-state index contributed by atoms with van der Waals surface area (Å²) in [5.74, 6) is 0.389. The van der Waals surface area contributed by atoms with Gasteiger partial charge in [0, 0.05) is 13.1 Å². The first kappa shape index (κ1) is 13.6. The van der Waals surface area contributed by atoms with E-state index in [-0.39, 0.29) is 17.6 Å². The SMILES string of the molecule is CN1CCC(OC(=O)c2cnc(C3(N)CCC3)[nH]2)CC1. The van der Waals surface area contributed by atoms with Crippen LogP contribution >= 0.6 is 0 Å². The fraction of sp³-hybridized carbons (Fsp3) is 0.714. The number of carbonyl (C=O) groups excluding carboxylic acids is 1. The molecule has 1 aliphatic heterocycles. The van der Waals surface area contributed by atoms with Crippen molar-refractivity contribution in [1.82, 2.24) is 14.9 Å². The van der Waals surface area contributed by atoms with E-state index in [1.807, 2.05) is 0 Å². The van der Waals surface area contributed by atoms with E-state index in [4.69, 9.17) is 10.5 Å². The second kappa shape index (κ2) is 5.18. The number of H-pyrrole nitrogens is 1. The molecule has 110 valence electrons. The number of rotatable bonds is 3. The van der Waals surface area contributed by atoms with Crippen LogP contribution < -0.4 is 5.73 Å². The van der Waals surface area contributed by atoms with Crippen molar-refractivity contribution in [2.24, 2.45) is 5.73 Å². The first-order valence-corrected chi connectivity index (χ1v) is 7.31. The number of hydrogen-bond donors (Lipinski definition) is 2. The van der Waals surface area contributed by atoms with Gasteiger partial charge in [-0.25, -0.2) is 9.78 Å². The number of nitrogens with one attached hydrogen (secondary N) is 1. The first-order valence-electron chi connectivity index (χ1n) is 7.31. The summed E-state index contributed by atoms with van der Waals surface area (Å²) in [7, 11) is 2.08. The summed E-state index contributed by atoms with van der Waals surface area (Å²) in [6.07, 6.45) is 6.30. The third-order valence-corrected chi connectivity index (χ3v) is 4.45. The van der Waals surface area contributed by atoms with Crippen molar-refractivity contribution >= 4 is 5.97 Å². The largest absolute Gasteiger partial charge is 0.458 e. The standard InChI is InChI=1S/C14H22N4O2/c1-18-7-3-10(4-8-18)20-12(19)11-9-16-13(17-11)14(15)5-2-6-14/h9-10H,2-8,15H2,1H3,(H,16,17). The van der Waals surface area contributed by atoms with Crippen molar-refractivity contribution in [3.8, 4) is 0 Å². The van der Waals surface area contributed by atoms with Crippen LogP contribution in [0.3, 0.4) is 0 Å². The topological polar surface area (TPSA) is 84.2 Å².